The van der Waals surface area contributed by atoms with E-state index < -0.39 is 0 Å². The molecular weight excluding hydrogens is 797 g/mol. The Balaban J connectivity index is 0.949. The predicted octanol–water partition coefficient (Wildman–Crippen LogP) is 15.5. The minimum atomic E-state index is 0.678. The summed E-state index contributed by atoms with van der Waals surface area (Å²) in [6.07, 6.45) is 3.83. The van der Waals surface area contributed by atoms with Crippen molar-refractivity contribution in [2.75, 3.05) is 9.80 Å². The average Bonchev–Trinajstić information content (AvgIpc) is 4.02. The normalized spacial score (nSPS) is 11.7. The first-order valence-electron chi connectivity index (χ1n) is 21.8. The van der Waals surface area contributed by atoms with E-state index in [2.05, 4.69) is 219 Å². The SMILES string of the molecule is c1ccc(N(c2cnc3c(c2)oc2cc(N(c4ccccc4)c4ccc5c6ccccc6n(-c6ccccc6)c5c4)ncc23)c2ccc3c4ccccc4n(-c4ccccc4)c3c2)cc1. The van der Waals surface area contributed by atoms with Crippen molar-refractivity contribution in [2.24, 2.45) is 0 Å². The first-order valence-corrected chi connectivity index (χ1v) is 21.8. The molecule has 0 unspecified atom stereocenters. The topological polar surface area (TPSA) is 55.3 Å². The number of rotatable bonds is 8. The molecule has 0 spiro atoms. The third-order valence-electron chi connectivity index (χ3n) is 12.5. The highest BCUT2D eigenvalue weighted by atomic mass is 16.3. The third kappa shape index (κ3) is 5.98. The first kappa shape index (κ1) is 36.7. The van der Waals surface area contributed by atoms with Gasteiger partial charge < -0.3 is 18.5 Å². The third-order valence-corrected chi connectivity index (χ3v) is 12.5. The fourth-order valence-corrected chi connectivity index (χ4v) is 9.69. The van der Waals surface area contributed by atoms with Crippen LogP contribution in [0.15, 0.2) is 235 Å². The number of benzene rings is 8. The zero-order chi connectivity index (χ0) is 42.8. The second kappa shape index (κ2) is 14.9. The summed E-state index contributed by atoms with van der Waals surface area (Å²) >= 11 is 0. The van der Waals surface area contributed by atoms with Crippen molar-refractivity contribution in [3.63, 3.8) is 0 Å². The van der Waals surface area contributed by atoms with E-state index in [0.717, 1.165) is 78.6 Å². The summed E-state index contributed by atoms with van der Waals surface area (Å²) in [6.45, 7) is 0. The lowest BCUT2D eigenvalue weighted by molar-refractivity contribution is 0.668. The van der Waals surface area contributed by atoms with Crippen molar-refractivity contribution in [2.45, 2.75) is 0 Å². The van der Waals surface area contributed by atoms with Crippen molar-refractivity contribution in [3.8, 4) is 11.4 Å². The van der Waals surface area contributed by atoms with Gasteiger partial charge >= 0.3 is 0 Å². The van der Waals surface area contributed by atoms with E-state index in [-0.39, 0.29) is 0 Å². The highest BCUT2D eigenvalue weighted by Gasteiger charge is 2.22. The summed E-state index contributed by atoms with van der Waals surface area (Å²) in [5.41, 5.74) is 13.8. The molecule has 0 saturated carbocycles. The molecule has 0 aliphatic rings. The van der Waals surface area contributed by atoms with Gasteiger partial charge in [0.05, 0.1) is 39.3 Å². The van der Waals surface area contributed by atoms with E-state index in [1.165, 1.54) is 21.5 Å². The maximum atomic E-state index is 6.79. The van der Waals surface area contributed by atoms with Gasteiger partial charge in [0.1, 0.15) is 16.9 Å². The minimum Gasteiger partial charge on any atom is -0.454 e. The van der Waals surface area contributed by atoms with Gasteiger partial charge in [-0.05, 0) is 84.9 Å². The largest absolute Gasteiger partial charge is 0.454 e. The Morgan fingerprint density at radius 3 is 1.37 bits per heavy atom. The molecule has 0 fully saturated rings. The standard InChI is InChI=1S/C58H38N6O/c1-5-17-39(18-6-1)61(43-29-31-48-46-25-13-15-27-51(46)63(53(48)33-43)41-21-9-3-10-22-41)45-35-56-58(60-37-45)50-38-59-57(36-55(50)65-56)62(40-19-7-2-8-20-40)44-30-32-49-47-26-14-16-28-52(47)64(54(49)34-44)42-23-11-4-12-24-42/h1-38H. The summed E-state index contributed by atoms with van der Waals surface area (Å²) in [5.74, 6) is 0.734. The van der Waals surface area contributed by atoms with Gasteiger partial charge in [-0.2, -0.15) is 0 Å². The number of nitrogens with zero attached hydrogens (tertiary/aromatic N) is 6. The smallest absolute Gasteiger partial charge is 0.156 e. The second-order valence-corrected chi connectivity index (χ2v) is 16.3. The molecule has 7 heteroatoms. The van der Waals surface area contributed by atoms with Crippen molar-refractivity contribution in [1.29, 1.82) is 0 Å². The molecule has 0 aliphatic heterocycles. The van der Waals surface area contributed by atoms with Gasteiger partial charge in [-0.3, -0.25) is 4.90 Å². The molecule has 0 radical (unpaired) electrons. The quantitative estimate of drug-likeness (QED) is 0.153. The molecule has 0 bridgehead atoms. The zero-order valence-corrected chi connectivity index (χ0v) is 35.0. The van der Waals surface area contributed by atoms with Gasteiger partial charge in [-0.15, -0.1) is 0 Å². The molecule has 0 amide bonds. The predicted molar refractivity (Wildman–Crippen MR) is 267 cm³/mol. The maximum Gasteiger partial charge on any atom is 0.156 e. The fraction of sp³-hybridized carbons (Fsp3) is 0. The lowest BCUT2D eigenvalue weighted by Gasteiger charge is -2.25. The van der Waals surface area contributed by atoms with Crippen LogP contribution in [0.25, 0.3) is 77.1 Å². The van der Waals surface area contributed by atoms with Gasteiger partial charge in [-0.1, -0.05) is 121 Å². The Morgan fingerprint density at radius 2 is 0.800 bits per heavy atom. The van der Waals surface area contributed by atoms with E-state index in [1.54, 1.807) is 0 Å². The highest BCUT2D eigenvalue weighted by molar-refractivity contribution is 6.12. The van der Waals surface area contributed by atoms with Crippen LogP contribution in [0.2, 0.25) is 0 Å². The molecule has 0 N–H and O–H groups in total. The van der Waals surface area contributed by atoms with Crippen LogP contribution in [-0.2, 0) is 0 Å². The molecule has 5 heterocycles. The van der Waals surface area contributed by atoms with E-state index >= 15 is 0 Å². The van der Waals surface area contributed by atoms with E-state index in [4.69, 9.17) is 14.4 Å². The number of furan rings is 1. The molecule has 5 aromatic heterocycles. The molecular formula is C58H38N6O. The Morgan fingerprint density at radius 1 is 0.323 bits per heavy atom. The van der Waals surface area contributed by atoms with E-state index in [0.29, 0.717) is 11.2 Å². The van der Waals surface area contributed by atoms with Crippen LogP contribution < -0.4 is 9.80 Å². The van der Waals surface area contributed by atoms with E-state index in [9.17, 15) is 0 Å². The van der Waals surface area contributed by atoms with Gasteiger partial charge in [0.15, 0.2) is 5.58 Å². The lowest BCUT2D eigenvalue weighted by atomic mass is 10.1. The molecule has 7 nitrogen and oxygen atoms in total. The van der Waals surface area contributed by atoms with Crippen LogP contribution in [0.3, 0.4) is 0 Å². The first-order chi connectivity index (χ1) is 32.2. The molecule has 13 aromatic rings. The monoisotopic (exact) mass is 834 g/mol. The van der Waals surface area contributed by atoms with Gasteiger partial charge in [0.25, 0.3) is 0 Å². The molecule has 0 atom stereocenters. The molecule has 13 rings (SSSR count). The highest BCUT2D eigenvalue weighted by Crippen LogP contribution is 2.43. The summed E-state index contributed by atoms with van der Waals surface area (Å²) in [6, 6.07) is 76.7. The number of anilines is 6. The fourth-order valence-electron chi connectivity index (χ4n) is 9.69. The number of para-hydroxylation sites is 6. The number of hydrogen-bond donors (Lipinski definition) is 0. The number of fused-ring (bicyclic) bond motifs is 9. The molecule has 0 saturated heterocycles. The van der Waals surface area contributed by atoms with Crippen LogP contribution in [-0.4, -0.2) is 19.1 Å². The van der Waals surface area contributed by atoms with Crippen molar-refractivity contribution >= 4 is 99.9 Å². The summed E-state index contributed by atoms with van der Waals surface area (Å²) in [5, 5.41) is 5.65. The van der Waals surface area contributed by atoms with Gasteiger partial charge in [-0.25, -0.2) is 9.97 Å². The Labute approximate surface area is 373 Å². The number of aromatic nitrogens is 4. The van der Waals surface area contributed by atoms with Crippen LogP contribution in [0.5, 0.6) is 0 Å². The number of pyridine rings is 2. The maximum absolute atomic E-state index is 6.79. The van der Waals surface area contributed by atoms with Crippen LogP contribution in [0.1, 0.15) is 0 Å². The molecule has 65 heavy (non-hydrogen) atoms. The Bertz CT molecular complexity index is 3640. The lowest BCUT2D eigenvalue weighted by Crippen LogP contribution is -2.11. The molecule has 8 aromatic carbocycles. The van der Waals surface area contributed by atoms with Crippen molar-refractivity contribution < 1.29 is 4.42 Å². The molecule has 0 aliphatic carbocycles. The second-order valence-electron chi connectivity index (χ2n) is 16.3. The van der Waals surface area contributed by atoms with Crippen molar-refractivity contribution in [1.82, 2.24) is 19.1 Å². The van der Waals surface area contributed by atoms with Gasteiger partial charge in [0.2, 0.25) is 0 Å². The van der Waals surface area contributed by atoms with Gasteiger partial charge in [0, 0.05) is 74.0 Å². The van der Waals surface area contributed by atoms with Crippen LogP contribution in [0, 0.1) is 0 Å². The van der Waals surface area contributed by atoms with Crippen LogP contribution >= 0.6 is 0 Å². The summed E-state index contributed by atoms with van der Waals surface area (Å²) in [7, 11) is 0. The minimum absolute atomic E-state index is 0.678. The number of hydrogen-bond acceptors (Lipinski definition) is 5. The van der Waals surface area contributed by atoms with Crippen molar-refractivity contribution in [3.05, 3.63) is 231 Å². The Hall–Kier alpha value is -8.94. The summed E-state index contributed by atoms with van der Waals surface area (Å²) in [4.78, 5) is 14.7. The van der Waals surface area contributed by atoms with E-state index in [1.807, 2.05) is 30.6 Å². The van der Waals surface area contributed by atoms with Crippen LogP contribution in [0.4, 0.5) is 34.3 Å². The Kier molecular flexibility index (Phi) is 8.39. The summed E-state index contributed by atoms with van der Waals surface area (Å²) < 4.78 is 11.5. The zero-order valence-electron chi connectivity index (χ0n) is 35.0. The molecule has 306 valence electrons. The average molecular weight is 835 g/mol.